The predicted octanol–water partition coefficient (Wildman–Crippen LogP) is 8.05. The molecule has 3 nitrogen and oxygen atoms in total. The minimum absolute atomic E-state index is 0.0546. The van der Waals surface area contributed by atoms with E-state index in [9.17, 15) is 10.5 Å². The van der Waals surface area contributed by atoms with E-state index in [1.165, 1.54) is 0 Å². The molecule has 2 N–H and O–H groups in total. The fourth-order valence-corrected chi connectivity index (χ4v) is 7.05. The maximum absolute atomic E-state index is 9.62. The van der Waals surface area contributed by atoms with E-state index in [1.54, 1.807) is 0 Å². The van der Waals surface area contributed by atoms with Gasteiger partial charge in [0, 0.05) is 5.54 Å². The highest BCUT2D eigenvalue weighted by atomic mass is 14.8. The summed E-state index contributed by atoms with van der Waals surface area (Å²) >= 11 is 0. The van der Waals surface area contributed by atoms with Crippen molar-refractivity contribution in [1.29, 1.82) is 10.5 Å². The van der Waals surface area contributed by atoms with Crippen LogP contribution in [0.5, 0.6) is 0 Å². The zero-order chi connectivity index (χ0) is 25.8. The molecule has 0 aliphatic heterocycles. The SMILES string of the molecule is C=CC(C(C)(C)CC(C)(C)C#N)C(C)(C)CC(C)(C)C(C=CC)C(C)(N)CC(C)(C)C#N. The monoisotopic (exact) mass is 441 g/mol. The third-order valence-electron chi connectivity index (χ3n) is 7.09. The lowest BCUT2D eigenvalue weighted by Crippen LogP contribution is -2.53. The zero-order valence-corrected chi connectivity index (χ0v) is 23.2. The predicted molar refractivity (Wildman–Crippen MR) is 139 cm³/mol. The van der Waals surface area contributed by atoms with Gasteiger partial charge in [-0.15, -0.1) is 6.58 Å². The minimum atomic E-state index is -0.521. The first-order valence-corrected chi connectivity index (χ1v) is 12.0. The Morgan fingerprint density at radius 2 is 1.09 bits per heavy atom. The van der Waals surface area contributed by atoms with E-state index < -0.39 is 11.0 Å². The van der Waals surface area contributed by atoms with Crippen molar-refractivity contribution >= 4 is 0 Å². The van der Waals surface area contributed by atoms with E-state index in [-0.39, 0.29) is 33.5 Å². The molecule has 3 unspecified atom stereocenters. The summed E-state index contributed by atoms with van der Waals surface area (Å²) in [4.78, 5) is 0. The van der Waals surface area contributed by atoms with Crippen molar-refractivity contribution in [2.75, 3.05) is 0 Å². The van der Waals surface area contributed by atoms with Crippen LogP contribution in [0.15, 0.2) is 24.8 Å². The van der Waals surface area contributed by atoms with Crippen LogP contribution in [0.1, 0.15) is 102 Å². The Labute approximate surface area is 200 Å². The van der Waals surface area contributed by atoms with Crippen LogP contribution in [0.25, 0.3) is 0 Å². The lowest BCUT2D eigenvalue weighted by molar-refractivity contribution is 0.0180. The molecule has 0 bridgehead atoms. The van der Waals surface area contributed by atoms with E-state index >= 15 is 0 Å². The average Bonchev–Trinajstić information content (AvgIpc) is 2.56. The van der Waals surface area contributed by atoms with Gasteiger partial charge in [-0.3, -0.25) is 0 Å². The van der Waals surface area contributed by atoms with E-state index in [1.807, 2.05) is 34.6 Å². The van der Waals surface area contributed by atoms with Gasteiger partial charge in [0.2, 0.25) is 0 Å². The number of nitriles is 2. The zero-order valence-electron chi connectivity index (χ0n) is 23.2. The number of hydrogen-bond acceptors (Lipinski definition) is 3. The van der Waals surface area contributed by atoms with Crippen LogP contribution in [-0.4, -0.2) is 5.54 Å². The Bertz CT molecular complexity index is 748. The van der Waals surface area contributed by atoms with Crippen molar-refractivity contribution < 1.29 is 0 Å². The summed E-state index contributed by atoms with van der Waals surface area (Å²) in [6.45, 7) is 30.1. The molecule has 0 saturated heterocycles. The summed E-state index contributed by atoms with van der Waals surface area (Å²) in [6.07, 6.45) is 8.80. The molecular formula is C29H51N3. The molecule has 0 saturated carbocycles. The van der Waals surface area contributed by atoms with Crippen molar-refractivity contribution in [3.8, 4) is 12.1 Å². The lowest BCUT2D eigenvalue weighted by atomic mass is 9.54. The van der Waals surface area contributed by atoms with Gasteiger partial charge in [0.15, 0.2) is 0 Å². The van der Waals surface area contributed by atoms with Crippen LogP contribution in [0.2, 0.25) is 0 Å². The van der Waals surface area contributed by atoms with Gasteiger partial charge in [-0.1, -0.05) is 59.8 Å². The van der Waals surface area contributed by atoms with E-state index in [2.05, 4.69) is 85.4 Å². The Hall–Kier alpha value is -1.58. The molecule has 0 aromatic rings. The average molecular weight is 442 g/mol. The van der Waals surface area contributed by atoms with Gasteiger partial charge in [0.25, 0.3) is 0 Å². The maximum atomic E-state index is 9.62. The summed E-state index contributed by atoms with van der Waals surface area (Å²) in [5.74, 6) is 0.337. The first-order chi connectivity index (χ1) is 14.1. The Morgan fingerprint density at radius 3 is 1.47 bits per heavy atom. The molecular weight excluding hydrogens is 390 g/mol. The van der Waals surface area contributed by atoms with Crippen molar-refractivity contribution in [2.24, 2.45) is 44.6 Å². The topological polar surface area (TPSA) is 73.6 Å². The standard InChI is InChI=1S/C29H51N3/c1-14-16-23(29(13,32)18-25(5,6)21-31)28(11,12)19-27(9,10)22(15-2)26(7,8)17-24(3,4)20-30/h14-16,22-23H,2,17-19,32H2,1,3-13H3. The van der Waals surface area contributed by atoms with Crippen LogP contribution < -0.4 is 5.73 Å². The van der Waals surface area contributed by atoms with Crippen molar-refractivity contribution in [3.05, 3.63) is 24.8 Å². The molecule has 3 atom stereocenters. The summed E-state index contributed by atoms with van der Waals surface area (Å²) < 4.78 is 0. The van der Waals surface area contributed by atoms with Gasteiger partial charge < -0.3 is 5.73 Å². The third-order valence-corrected chi connectivity index (χ3v) is 7.09. The number of rotatable bonds is 12. The molecule has 32 heavy (non-hydrogen) atoms. The molecule has 0 aliphatic rings. The third kappa shape index (κ3) is 8.08. The second kappa shape index (κ2) is 10.1. The Balaban J connectivity index is 6.16. The van der Waals surface area contributed by atoms with E-state index in [0.29, 0.717) is 6.42 Å². The van der Waals surface area contributed by atoms with Crippen LogP contribution in [0.3, 0.4) is 0 Å². The molecule has 182 valence electrons. The fraction of sp³-hybridized carbons (Fsp3) is 0.793. The molecule has 0 aromatic heterocycles. The molecule has 0 amide bonds. The summed E-state index contributed by atoms with van der Waals surface area (Å²) in [5, 5.41) is 19.2. The van der Waals surface area contributed by atoms with Crippen molar-refractivity contribution in [2.45, 2.75) is 108 Å². The molecule has 0 heterocycles. The summed E-state index contributed by atoms with van der Waals surface area (Å²) in [7, 11) is 0. The minimum Gasteiger partial charge on any atom is -0.325 e. The van der Waals surface area contributed by atoms with Gasteiger partial charge >= 0.3 is 0 Å². The van der Waals surface area contributed by atoms with Crippen LogP contribution in [-0.2, 0) is 0 Å². The van der Waals surface area contributed by atoms with E-state index in [0.717, 1.165) is 12.8 Å². The Kier molecular flexibility index (Phi) is 9.63. The maximum Gasteiger partial charge on any atom is 0.0684 e. The molecule has 3 heteroatoms. The normalized spacial score (nSPS) is 17.8. The second-order valence-corrected chi connectivity index (χ2v) is 13.7. The summed E-state index contributed by atoms with van der Waals surface area (Å²) in [6, 6.07) is 4.90. The highest BCUT2D eigenvalue weighted by Gasteiger charge is 2.48. The van der Waals surface area contributed by atoms with Crippen LogP contribution in [0.4, 0.5) is 0 Å². The molecule has 0 aromatic carbocycles. The van der Waals surface area contributed by atoms with Gasteiger partial charge in [-0.25, -0.2) is 0 Å². The highest BCUT2D eigenvalue weighted by molar-refractivity contribution is 5.12. The van der Waals surface area contributed by atoms with Gasteiger partial charge in [-0.05, 0) is 88.9 Å². The smallest absolute Gasteiger partial charge is 0.0684 e. The number of allylic oxidation sites excluding steroid dienone is 2. The van der Waals surface area contributed by atoms with Gasteiger partial charge in [0.1, 0.15) is 0 Å². The van der Waals surface area contributed by atoms with Crippen molar-refractivity contribution in [3.63, 3.8) is 0 Å². The molecule has 0 rings (SSSR count). The van der Waals surface area contributed by atoms with Gasteiger partial charge in [0.05, 0.1) is 23.0 Å². The first kappa shape index (κ1) is 30.4. The second-order valence-electron chi connectivity index (χ2n) is 13.7. The lowest BCUT2D eigenvalue weighted by Gasteiger charge is -2.51. The highest BCUT2D eigenvalue weighted by Crippen LogP contribution is 2.54. The summed E-state index contributed by atoms with van der Waals surface area (Å²) in [5.41, 5.74) is 5.32. The molecule has 0 radical (unpaired) electrons. The quantitative estimate of drug-likeness (QED) is 0.311. The molecule has 0 aliphatic carbocycles. The van der Waals surface area contributed by atoms with Crippen LogP contribution >= 0.6 is 0 Å². The Morgan fingerprint density at radius 1 is 0.719 bits per heavy atom. The largest absolute Gasteiger partial charge is 0.325 e. The van der Waals surface area contributed by atoms with Crippen molar-refractivity contribution in [1.82, 2.24) is 0 Å². The molecule has 0 fully saturated rings. The first-order valence-electron chi connectivity index (χ1n) is 12.0. The molecule has 0 spiro atoms. The van der Waals surface area contributed by atoms with Crippen LogP contribution in [0, 0.1) is 61.6 Å². The van der Waals surface area contributed by atoms with Gasteiger partial charge in [-0.2, -0.15) is 10.5 Å². The number of nitrogens with two attached hydrogens (primary N) is 1. The number of hydrogen-bond donors (Lipinski definition) is 1. The van der Waals surface area contributed by atoms with E-state index in [4.69, 9.17) is 5.73 Å². The number of nitrogens with zero attached hydrogens (tertiary/aromatic N) is 2. The fourth-order valence-electron chi connectivity index (χ4n) is 7.05.